The van der Waals surface area contributed by atoms with Crippen LogP contribution < -0.4 is 4.74 Å². The van der Waals surface area contributed by atoms with Crippen molar-refractivity contribution in [2.45, 2.75) is 12.5 Å². The van der Waals surface area contributed by atoms with Crippen molar-refractivity contribution in [2.24, 2.45) is 0 Å². The van der Waals surface area contributed by atoms with E-state index in [0.29, 0.717) is 10.8 Å². The number of hydrogen-bond acceptors (Lipinski definition) is 2. The molecule has 0 fully saturated rings. The van der Waals surface area contributed by atoms with E-state index in [4.69, 9.17) is 16.3 Å². The van der Waals surface area contributed by atoms with Crippen LogP contribution in [-0.2, 0) is 11.2 Å². The molecule has 1 N–H and O–H groups in total. The Morgan fingerprint density at radius 2 is 1.48 bits per heavy atom. The Balaban J connectivity index is 1.72. The van der Waals surface area contributed by atoms with E-state index in [-0.39, 0.29) is 6.42 Å². The smallest absolute Gasteiger partial charge is 0.345 e. The van der Waals surface area contributed by atoms with Gasteiger partial charge in [0.2, 0.25) is 0 Å². The van der Waals surface area contributed by atoms with Gasteiger partial charge in [-0.15, -0.1) is 0 Å². The van der Waals surface area contributed by atoms with E-state index in [1.54, 1.807) is 36.4 Å². The lowest BCUT2D eigenvalue weighted by atomic mass is 10.1. The maximum Gasteiger partial charge on any atom is 0.345 e. The van der Waals surface area contributed by atoms with Crippen LogP contribution in [0.5, 0.6) is 5.75 Å². The number of carbonyl (C=O) groups is 1. The van der Waals surface area contributed by atoms with Gasteiger partial charge in [-0.25, -0.2) is 4.79 Å². The van der Waals surface area contributed by atoms with Gasteiger partial charge in [0.05, 0.1) is 0 Å². The van der Waals surface area contributed by atoms with Crippen molar-refractivity contribution in [3.05, 3.63) is 89.4 Å². The largest absolute Gasteiger partial charge is 0.478 e. The molecule has 0 radical (unpaired) electrons. The van der Waals surface area contributed by atoms with Gasteiger partial charge in [0.1, 0.15) is 5.75 Å². The van der Waals surface area contributed by atoms with Gasteiger partial charge in [-0.05, 0) is 41.0 Å². The molecule has 0 aromatic heterocycles. The van der Waals surface area contributed by atoms with Crippen LogP contribution in [0.25, 0.3) is 11.1 Å². The number of carboxylic acids is 1. The minimum absolute atomic E-state index is 0.271. The van der Waals surface area contributed by atoms with Crippen molar-refractivity contribution in [1.29, 1.82) is 0 Å². The zero-order chi connectivity index (χ0) is 17.6. The molecule has 0 aliphatic carbocycles. The Morgan fingerprint density at radius 1 is 0.880 bits per heavy atom. The number of benzene rings is 3. The number of ether oxygens (including phenoxy) is 1. The van der Waals surface area contributed by atoms with Crippen LogP contribution in [0, 0.1) is 0 Å². The summed E-state index contributed by atoms with van der Waals surface area (Å²) in [6.07, 6.45) is -0.684. The van der Waals surface area contributed by atoms with Crippen LogP contribution in [0.3, 0.4) is 0 Å². The second-order valence-corrected chi connectivity index (χ2v) is 6.10. The normalized spacial score (nSPS) is 11.7. The Morgan fingerprint density at radius 3 is 2.08 bits per heavy atom. The molecule has 3 nitrogen and oxygen atoms in total. The molecule has 126 valence electrons. The molecule has 0 aliphatic rings. The van der Waals surface area contributed by atoms with Gasteiger partial charge in [-0.2, -0.15) is 0 Å². The van der Waals surface area contributed by atoms with Gasteiger partial charge in [0.25, 0.3) is 0 Å². The number of hydrogen-bond donors (Lipinski definition) is 1. The summed E-state index contributed by atoms with van der Waals surface area (Å²) in [5.41, 5.74) is 3.01. The summed E-state index contributed by atoms with van der Waals surface area (Å²) in [4.78, 5) is 11.5. The summed E-state index contributed by atoms with van der Waals surface area (Å²) < 4.78 is 5.67. The second kappa shape index (κ2) is 7.86. The first-order chi connectivity index (χ1) is 12.1. The molecule has 3 aromatic rings. The third-order valence-corrected chi connectivity index (χ3v) is 4.10. The quantitative estimate of drug-likeness (QED) is 0.672. The standard InChI is InChI=1S/C21H17ClO3/c22-18-10-6-15(7-11-18)14-20(21(23)24)25-19-12-8-17(9-13-19)16-4-2-1-3-5-16/h1-13,20H,14H2,(H,23,24)/t20-/m1/s1. The van der Waals surface area contributed by atoms with E-state index in [2.05, 4.69) is 0 Å². The fourth-order valence-electron chi connectivity index (χ4n) is 2.53. The van der Waals surface area contributed by atoms with Crippen LogP contribution in [0.4, 0.5) is 0 Å². The van der Waals surface area contributed by atoms with Crippen molar-refractivity contribution in [1.82, 2.24) is 0 Å². The summed E-state index contributed by atoms with van der Waals surface area (Å²) in [5, 5.41) is 10.1. The van der Waals surface area contributed by atoms with Crippen LogP contribution in [0.15, 0.2) is 78.9 Å². The summed E-state index contributed by atoms with van der Waals surface area (Å²) in [7, 11) is 0. The van der Waals surface area contributed by atoms with Crippen molar-refractivity contribution in [2.75, 3.05) is 0 Å². The number of carboxylic acid groups (broad SMARTS) is 1. The van der Waals surface area contributed by atoms with E-state index in [0.717, 1.165) is 16.7 Å². The molecule has 3 rings (SSSR count). The number of rotatable bonds is 6. The minimum atomic E-state index is -0.998. The van der Waals surface area contributed by atoms with Crippen molar-refractivity contribution in [3.63, 3.8) is 0 Å². The van der Waals surface area contributed by atoms with Crippen LogP contribution in [-0.4, -0.2) is 17.2 Å². The lowest BCUT2D eigenvalue weighted by Crippen LogP contribution is -2.29. The van der Waals surface area contributed by atoms with Gasteiger partial charge in [0.15, 0.2) is 6.10 Å². The van der Waals surface area contributed by atoms with E-state index >= 15 is 0 Å². The predicted octanol–water partition coefficient (Wildman–Crippen LogP) is 5.08. The fourth-order valence-corrected chi connectivity index (χ4v) is 2.66. The van der Waals surface area contributed by atoms with Crippen LogP contribution >= 0.6 is 11.6 Å². The SMILES string of the molecule is O=C(O)[C@@H](Cc1ccc(Cl)cc1)Oc1ccc(-c2ccccc2)cc1. The molecular formula is C21H17ClO3. The Bertz CT molecular complexity index is 827. The lowest BCUT2D eigenvalue weighted by molar-refractivity contribution is -0.145. The van der Waals surface area contributed by atoms with Gasteiger partial charge in [0, 0.05) is 11.4 Å². The molecular weight excluding hydrogens is 336 g/mol. The summed E-state index contributed by atoms with van der Waals surface area (Å²) in [6.45, 7) is 0. The van der Waals surface area contributed by atoms with Crippen molar-refractivity contribution < 1.29 is 14.6 Å². The van der Waals surface area contributed by atoms with Crippen LogP contribution in [0.1, 0.15) is 5.56 Å². The highest BCUT2D eigenvalue weighted by molar-refractivity contribution is 6.30. The molecule has 0 spiro atoms. The van der Waals surface area contributed by atoms with E-state index in [1.807, 2.05) is 42.5 Å². The molecule has 1 atom stereocenters. The first kappa shape index (κ1) is 17.1. The summed E-state index contributed by atoms with van der Waals surface area (Å²) in [5.74, 6) is -0.469. The molecule has 0 heterocycles. The average molecular weight is 353 g/mol. The highest BCUT2D eigenvalue weighted by Crippen LogP contribution is 2.23. The monoisotopic (exact) mass is 352 g/mol. The number of aliphatic carboxylic acids is 1. The van der Waals surface area contributed by atoms with Crippen molar-refractivity contribution >= 4 is 17.6 Å². The molecule has 0 bridgehead atoms. The topological polar surface area (TPSA) is 46.5 Å². The molecule has 25 heavy (non-hydrogen) atoms. The minimum Gasteiger partial charge on any atom is -0.478 e. The zero-order valence-corrected chi connectivity index (χ0v) is 14.2. The fraction of sp³-hybridized carbons (Fsp3) is 0.0952. The third-order valence-electron chi connectivity index (χ3n) is 3.85. The molecule has 0 saturated carbocycles. The van der Waals surface area contributed by atoms with E-state index in [9.17, 15) is 9.90 Å². The second-order valence-electron chi connectivity index (χ2n) is 5.67. The van der Waals surface area contributed by atoms with Gasteiger partial charge >= 0.3 is 5.97 Å². The molecule has 0 aliphatic heterocycles. The first-order valence-corrected chi connectivity index (χ1v) is 8.29. The highest BCUT2D eigenvalue weighted by atomic mass is 35.5. The highest BCUT2D eigenvalue weighted by Gasteiger charge is 2.20. The Hall–Kier alpha value is -2.78. The zero-order valence-electron chi connectivity index (χ0n) is 13.4. The molecule has 0 saturated heterocycles. The Kier molecular flexibility index (Phi) is 5.36. The maximum atomic E-state index is 11.5. The van der Waals surface area contributed by atoms with Gasteiger partial charge in [-0.1, -0.05) is 66.2 Å². The van der Waals surface area contributed by atoms with E-state index in [1.165, 1.54) is 0 Å². The maximum absolute atomic E-state index is 11.5. The van der Waals surface area contributed by atoms with Crippen LogP contribution in [0.2, 0.25) is 5.02 Å². The van der Waals surface area contributed by atoms with Gasteiger partial charge in [-0.3, -0.25) is 0 Å². The first-order valence-electron chi connectivity index (χ1n) is 7.91. The summed E-state index contributed by atoms with van der Waals surface area (Å²) >= 11 is 5.86. The molecule has 3 aromatic carbocycles. The van der Waals surface area contributed by atoms with E-state index < -0.39 is 12.1 Å². The molecule has 4 heteroatoms. The van der Waals surface area contributed by atoms with Crippen molar-refractivity contribution in [3.8, 4) is 16.9 Å². The van der Waals surface area contributed by atoms with Gasteiger partial charge < -0.3 is 9.84 Å². The predicted molar refractivity (Wildman–Crippen MR) is 99.1 cm³/mol. The lowest BCUT2D eigenvalue weighted by Gasteiger charge is -2.15. The molecule has 0 unspecified atom stereocenters. The average Bonchev–Trinajstić information content (AvgIpc) is 2.64. The molecule has 0 amide bonds. The number of halogens is 1. The summed E-state index contributed by atoms with van der Waals surface area (Å²) in [6, 6.07) is 24.5. The third kappa shape index (κ3) is 4.61. The Labute approximate surface area is 151 Å².